The van der Waals surface area contributed by atoms with E-state index in [2.05, 4.69) is 177 Å². The fourth-order valence-electron chi connectivity index (χ4n) is 9.14. The predicted molar refractivity (Wildman–Crippen MR) is 231 cm³/mol. The van der Waals surface area contributed by atoms with Gasteiger partial charge in [-0.15, -0.1) is 9.97 Å². The Kier molecular flexibility index (Phi) is 6.10. The summed E-state index contributed by atoms with van der Waals surface area (Å²) in [6.45, 7) is 15.7. The highest BCUT2D eigenvalue weighted by Gasteiger charge is 2.23. The molecule has 12 rings (SSSR count). The Hall–Kier alpha value is -8.06. The van der Waals surface area contributed by atoms with Crippen LogP contribution in [-0.2, 0) is 0 Å². The van der Waals surface area contributed by atoms with Gasteiger partial charge in [-0.3, -0.25) is 0 Å². The van der Waals surface area contributed by atoms with Crippen molar-refractivity contribution >= 4 is 109 Å². The molecule has 6 heteroatoms. The summed E-state index contributed by atoms with van der Waals surface area (Å²) in [6, 6.07) is 56.2. The number of hydrogen-bond donors (Lipinski definition) is 0. The fourth-order valence-corrected chi connectivity index (χ4v) is 9.14. The van der Waals surface area contributed by atoms with E-state index in [4.69, 9.17) is 23.1 Å². The Labute approximate surface area is 319 Å². The molecule has 0 aliphatic carbocycles. The van der Waals surface area contributed by atoms with Crippen LogP contribution in [0.3, 0.4) is 0 Å². The summed E-state index contributed by atoms with van der Waals surface area (Å²) in [5.41, 5.74) is 7.82. The topological polar surface area (TPSA) is 44.4 Å². The van der Waals surface area contributed by atoms with Crippen molar-refractivity contribution < 1.29 is 0 Å². The van der Waals surface area contributed by atoms with Gasteiger partial charge in [0.05, 0.1) is 22.1 Å². The number of rotatable bonds is 2. The van der Waals surface area contributed by atoms with Crippen LogP contribution in [0.25, 0.3) is 119 Å². The highest BCUT2D eigenvalue weighted by atomic mass is 15.0. The molecule has 9 aromatic carbocycles. The van der Waals surface area contributed by atoms with E-state index >= 15 is 0 Å². The van der Waals surface area contributed by atoms with Crippen LogP contribution in [-0.4, -0.2) is 19.1 Å². The number of benzene rings is 9. The lowest BCUT2D eigenvalue weighted by molar-refractivity contribution is 1.19. The van der Waals surface area contributed by atoms with Gasteiger partial charge in [-0.1, -0.05) is 122 Å². The maximum atomic E-state index is 7.85. The highest BCUT2D eigenvalue weighted by Crippen LogP contribution is 2.43. The smallest absolute Gasteiger partial charge is 0.294 e. The van der Waals surface area contributed by atoms with Gasteiger partial charge in [0.2, 0.25) is 11.0 Å². The first kappa shape index (κ1) is 30.4. The number of hydrogen-bond acceptors (Lipinski definition) is 2. The Morgan fingerprint density at radius 2 is 0.750 bits per heavy atom. The van der Waals surface area contributed by atoms with Crippen LogP contribution in [0.1, 0.15) is 0 Å². The summed E-state index contributed by atoms with van der Waals surface area (Å²) < 4.78 is 4.76. The largest absolute Gasteiger partial charge is 0.370 e. The molecule has 0 spiro atoms. The van der Waals surface area contributed by atoms with Crippen molar-refractivity contribution in [3.05, 3.63) is 181 Å². The molecular formula is C50H26N6. The Morgan fingerprint density at radius 1 is 0.357 bits per heavy atom. The molecule has 0 N–H and O–H groups in total. The van der Waals surface area contributed by atoms with E-state index in [1.807, 2.05) is 0 Å². The minimum absolute atomic E-state index is 0.0138. The summed E-state index contributed by atoms with van der Waals surface area (Å²) in [5.74, 6) is 0.0275. The molecule has 0 aliphatic rings. The highest BCUT2D eigenvalue weighted by molar-refractivity contribution is 6.25. The SMILES string of the molecule is [C-]#[N+]c1nc2c3ccc(-n4c5ccccc5c5ccc6ccccc6c54)cc3c3cc(-n4c5ccccc5c5ccc6ccccc6c54)ccc3c2nc1[N+]#[C-]. The zero-order valence-corrected chi connectivity index (χ0v) is 29.7. The van der Waals surface area contributed by atoms with Gasteiger partial charge in [0.15, 0.2) is 0 Å². The summed E-state index contributed by atoms with van der Waals surface area (Å²) >= 11 is 0. The van der Waals surface area contributed by atoms with E-state index < -0.39 is 0 Å². The number of aromatic nitrogens is 4. The zero-order chi connectivity index (χ0) is 37.1. The molecule has 0 unspecified atom stereocenters. The molecule has 0 aliphatic heterocycles. The van der Waals surface area contributed by atoms with Crippen molar-refractivity contribution in [3.63, 3.8) is 0 Å². The summed E-state index contributed by atoms with van der Waals surface area (Å²) in [6.07, 6.45) is 0. The molecule has 256 valence electrons. The quantitative estimate of drug-likeness (QED) is 0.132. The average Bonchev–Trinajstić information content (AvgIpc) is 3.79. The number of fused-ring (bicyclic) bond motifs is 16. The lowest BCUT2D eigenvalue weighted by Gasteiger charge is -2.14. The molecule has 0 atom stereocenters. The van der Waals surface area contributed by atoms with Crippen LogP contribution >= 0.6 is 0 Å². The van der Waals surface area contributed by atoms with Crippen molar-refractivity contribution in [2.45, 2.75) is 0 Å². The van der Waals surface area contributed by atoms with Crippen LogP contribution in [0, 0.1) is 13.1 Å². The lowest BCUT2D eigenvalue weighted by Crippen LogP contribution is -1.98. The lowest BCUT2D eigenvalue weighted by atomic mass is 9.98. The van der Waals surface area contributed by atoms with Crippen LogP contribution in [0.2, 0.25) is 0 Å². The van der Waals surface area contributed by atoms with Crippen LogP contribution in [0.4, 0.5) is 11.6 Å². The molecule has 56 heavy (non-hydrogen) atoms. The third-order valence-electron chi connectivity index (χ3n) is 11.5. The van der Waals surface area contributed by atoms with Gasteiger partial charge in [0.1, 0.15) is 0 Å². The van der Waals surface area contributed by atoms with Crippen molar-refractivity contribution in [2.75, 3.05) is 0 Å². The average molecular weight is 711 g/mol. The van der Waals surface area contributed by atoms with E-state index in [1.165, 1.54) is 43.1 Å². The van der Waals surface area contributed by atoms with Crippen LogP contribution < -0.4 is 0 Å². The van der Waals surface area contributed by atoms with Gasteiger partial charge in [-0.2, -0.15) is 0 Å². The maximum Gasteiger partial charge on any atom is 0.294 e. The second-order valence-electron chi connectivity index (χ2n) is 14.3. The predicted octanol–water partition coefficient (Wildman–Crippen LogP) is 13.5. The Bertz CT molecular complexity index is 3550. The standard InChI is InChI=1S/C50H26N6/c1-51-49-50(52-2)54-46-38-26-22-32(56-44-18-10-8-16-36(44)40-24-20-30-12-4-6-14-34(30)48(40)56)28-42(38)41-27-31(21-25-37(41)45(46)53-49)55-43-17-9-7-15-35(43)39-23-19-29-11-3-5-13-33(29)47(39)55/h3-28H. The summed E-state index contributed by atoms with van der Waals surface area (Å²) in [4.78, 5) is 16.9. The van der Waals surface area contributed by atoms with Gasteiger partial charge >= 0.3 is 0 Å². The first-order valence-electron chi connectivity index (χ1n) is 18.5. The summed E-state index contributed by atoms with van der Waals surface area (Å²) in [5, 5.41) is 13.2. The van der Waals surface area contributed by atoms with Crippen LogP contribution in [0.15, 0.2) is 158 Å². The minimum Gasteiger partial charge on any atom is -0.370 e. The molecule has 0 saturated carbocycles. The van der Waals surface area contributed by atoms with Gasteiger partial charge in [0.25, 0.3) is 11.6 Å². The van der Waals surface area contributed by atoms with Crippen molar-refractivity contribution in [1.29, 1.82) is 0 Å². The number of para-hydroxylation sites is 2. The molecule has 0 amide bonds. The molecular weight excluding hydrogens is 685 g/mol. The molecule has 3 heterocycles. The van der Waals surface area contributed by atoms with E-state index in [1.54, 1.807) is 0 Å². The van der Waals surface area contributed by atoms with Crippen molar-refractivity contribution in [3.8, 4) is 11.4 Å². The molecule has 6 nitrogen and oxygen atoms in total. The molecule has 0 fully saturated rings. The second-order valence-corrected chi connectivity index (χ2v) is 14.3. The first-order valence-corrected chi connectivity index (χ1v) is 18.5. The van der Waals surface area contributed by atoms with E-state index in [9.17, 15) is 0 Å². The third kappa shape index (κ3) is 4.02. The zero-order valence-electron chi connectivity index (χ0n) is 29.7. The van der Waals surface area contributed by atoms with Gasteiger partial charge in [-0.25, -0.2) is 0 Å². The fraction of sp³-hybridized carbons (Fsp3) is 0. The number of nitrogens with zero attached hydrogens (tertiary/aromatic N) is 6. The molecule has 3 aromatic heterocycles. The molecule has 12 aromatic rings. The van der Waals surface area contributed by atoms with Gasteiger partial charge < -0.3 is 18.8 Å². The first-order chi connectivity index (χ1) is 27.7. The van der Waals surface area contributed by atoms with Crippen molar-refractivity contribution in [2.24, 2.45) is 0 Å². The maximum absolute atomic E-state index is 7.85. The Morgan fingerprint density at radius 3 is 1.20 bits per heavy atom. The molecule has 0 bridgehead atoms. The van der Waals surface area contributed by atoms with E-state index in [0.717, 1.165) is 55.0 Å². The van der Waals surface area contributed by atoms with Crippen LogP contribution in [0.5, 0.6) is 0 Å². The normalized spacial score (nSPS) is 11.9. The molecule has 0 radical (unpaired) electrons. The second kappa shape index (κ2) is 11.2. The Balaban J connectivity index is 1.24. The third-order valence-corrected chi connectivity index (χ3v) is 11.5. The molecule has 0 saturated heterocycles. The van der Waals surface area contributed by atoms with Crippen molar-refractivity contribution in [1.82, 2.24) is 19.1 Å². The van der Waals surface area contributed by atoms with Gasteiger partial charge in [-0.05, 0) is 70.1 Å². The van der Waals surface area contributed by atoms with E-state index in [-0.39, 0.29) is 11.6 Å². The van der Waals surface area contributed by atoms with E-state index in [0.29, 0.717) is 11.0 Å². The van der Waals surface area contributed by atoms with Gasteiger partial charge in [0, 0.05) is 54.5 Å². The monoisotopic (exact) mass is 710 g/mol. The summed E-state index contributed by atoms with van der Waals surface area (Å²) in [7, 11) is 0. The minimum atomic E-state index is 0.0138.